The van der Waals surface area contributed by atoms with Gasteiger partial charge in [0.2, 0.25) is 10.0 Å². The highest BCUT2D eigenvalue weighted by Crippen LogP contribution is 2.33. The second-order valence-electron chi connectivity index (χ2n) is 9.10. The number of rotatable bonds is 5. The number of thiazole rings is 1. The van der Waals surface area contributed by atoms with Crippen LogP contribution in [0.25, 0.3) is 10.2 Å². The quantitative estimate of drug-likeness (QED) is 0.521. The second kappa shape index (κ2) is 9.28. The zero-order chi connectivity index (χ0) is 23.9. The van der Waals surface area contributed by atoms with Crippen molar-refractivity contribution < 1.29 is 17.9 Å². The predicted molar refractivity (Wildman–Crippen MR) is 133 cm³/mol. The molecule has 0 bridgehead atoms. The van der Waals surface area contributed by atoms with Gasteiger partial charge in [-0.1, -0.05) is 23.5 Å². The van der Waals surface area contributed by atoms with Gasteiger partial charge < -0.3 is 9.64 Å². The number of aromatic nitrogens is 1. The van der Waals surface area contributed by atoms with Gasteiger partial charge in [-0.05, 0) is 62.1 Å². The van der Waals surface area contributed by atoms with Crippen LogP contribution in [0.5, 0.6) is 5.19 Å². The lowest BCUT2D eigenvalue weighted by atomic mass is 10.1. The first-order valence-electron chi connectivity index (χ1n) is 11.8. The Balaban J connectivity index is 1.20. The summed E-state index contributed by atoms with van der Waals surface area (Å²) in [7, 11) is -3.47. The number of likely N-dealkylation sites (tertiary alicyclic amines) is 1. The lowest BCUT2D eigenvalue weighted by molar-refractivity contribution is 0.0595. The zero-order valence-electron chi connectivity index (χ0n) is 19.5. The van der Waals surface area contributed by atoms with Crippen molar-refractivity contribution in [3.05, 3.63) is 53.1 Å². The summed E-state index contributed by atoms with van der Waals surface area (Å²) in [4.78, 5) is 19.7. The number of hydrogen-bond donors (Lipinski definition) is 0. The van der Waals surface area contributed by atoms with Crippen LogP contribution in [0.3, 0.4) is 0 Å². The zero-order valence-corrected chi connectivity index (χ0v) is 21.1. The number of fused-ring (bicyclic) bond motifs is 1. The first kappa shape index (κ1) is 23.3. The standard InChI is InChI=1S/C25H29N3O4S2/c1-17-5-6-18(2)23-22(17)26-25(33-23)32-20-11-15-27(16-12-20)24(29)19-7-9-21(10-8-19)34(30,31)28-13-3-4-14-28/h5-10,20H,3-4,11-16H2,1-2H3. The number of carbonyl (C=O) groups excluding carboxylic acids is 1. The lowest BCUT2D eigenvalue weighted by Gasteiger charge is -2.31. The molecule has 3 heterocycles. The van der Waals surface area contributed by atoms with E-state index in [-0.39, 0.29) is 16.9 Å². The van der Waals surface area contributed by atoms with Crippen molar-refractivity contribution in [2.45, 2.75) is 50.5 Å². The Labute approximate surface area is 204 Å². The van der Waals surface area contributed by atoms with Crippen LogP contribution in [-0.4, -0.2) is 60.8 Å². The molecule has 2 saturated heterocycles. The number of nitrogens with zero attached hydrogens (tertiary/aromatic N) is 3. The highest BCUT2D eigenvalue weighted by Gasteiger charge is 2.29. The van der Waals surface area contributed by atoms with Crippen LogP contribution in [-0.2, 0) is 10.0 Å². The minimum absolute atomic E-state index is 0.0261. The molecule has 9 heteroatoms. The van der Waals surface area contributed by atoms with Crippen molar-refractivity contribution in [3.63, 3.8) is 0 Å². The first-order valence-corrected chi connectivity index (χ1v) is 14.0. The van der Waals surface area contributed by atoms with Crippen LogP contribution in [0.15, 0.2) is 41.3 Å². The maximum atomic E-state index is 13.0. The maximum Gasteiger partial charge on any atom is 0.274 e. The number of benzene rings is 2. The molecule has 0 unspecified atom stereocenters. The van der Waals surface area contributed by atoms with Gasteiger partial charge in [-0.25, -0.2) is 13.4 Å². The molecule has 0 aliphatic carbocycles. The molecule has 3 aromatic rings. The van der Waals surface area contributed by atoms with Crippen molar-refractivity contribution >= 4 is 37.5 Å². The molecule has 2 fully saturated rings. The minimum atomic E-state index is -3.47. The highest BCUT2D eigenvalue weighted by atomic mass is 32.2. The molecule has 0 atom stereocenters. The van der Waals surface area contributed by atoms with Crippen molar-refractivity contribution in [3.8, 4) is 5.19 Å². The average molecular weight is 500 g/mol. The molecule has 34 heavy (non-hydrogen) atoms. The summed E-state index contributed by atoms with van der Waals surface area (Å²) in [5, 5.41) is 0.687. The fourth-order valence-corrected chi connectivity index (χ4v) is 7.18. The van der Waals surface area contributed by atoms with Crippen LogP contribution in [0.1, 0.15) is 47.2 Å². The predicted octanol–water partition coefficient (Wildman–Crippen LogP) is 4.38. The van der Waals surface area contributed by atoms with Crippen LogP contribution in [0.2, 0.25) is 0 Å². The molecule has 2 aliphatic rings. The van der Waals surface area contributed by atoms with Crippen molar-refractivity contribution in [1.29, 1.82) is 0 Å². The van der Waals surface area contributed by atoms with E-state index in [1.807, 2.05) is 4.90 Å². The number of amides is 1. The third-order valence-electron chi connectivity index (χ3n) is 6.72. The van der Waals surface area contributed by atoms with E-state index in [0.717, 1.165) is 41.5 Å². The summed E-state index contributed by atoms with van der Waals surface area (Å²) >= 11 is 1.58. The molecule has 2 aliphatic heterocycles. The highest BCUT2D eigenvalue weighted by molar-refractivity contribution is 7.89. The third kappa shape index (κ3) is 4.44. The Morgan fingerprint density at radius 1 is 0.971 bits per heavy atom. The SMILES string of the molecule is Cc1ccc(C)c2sc(OC3CCN(C(=O)c4ccc(S(=O)(=O)N5CCCC5)cc4)CC3)nc12. The lowest BCUT2D eigenvalue weighted by Crippen LogP contribution is -2.41. The molecule has 1 amide bonds. The van der Waals surface area contributed by atoms with Gasteiger partial charge in [-0.2, -0.15) is 4.31 Å². The maximum absolute atomic E-state index is 13.0. The number of piperidine rings is 1. The summed E-state index contributed by atoms with van der Waals surface area (Å²) in [6.07, 6.45) is 3.29. The van der Waals surface area contributed by atoms with Gasteiger partial charge in [-0.15, -0.1) is 0 Å². The molecule has 180 valence electrons. The molecule has 0 radical (unpaired) electrons. The van der Waals surface area contributed by atoms with Gasteiger partial charge in [0.15, 0.2) is 0 Å². The summed E-state index contributed by atoms with van der Waals surface area (Å²) < 4.78 is 34.3. The summed E-state index contributed by atoms with van der Waals surface area (Å²) in [5.74, 6) is -0.0743. The molecule has 2 aromatic carbocycles. The number of sulfonamides is 1. The second-order valence-corrected chi connectivity index (χ2v) is 12.0. The first-order chi connectivity index (χ1) is 16.3. The molecule has 0 saturated carbocycles. The van der Waals surface area contributed by atoms with E-state index in [4.69, 9.17) is 4.74 Å². The third-order valence-corrected chi connectivity index (χ3v) is 9.72. The van der Waals surface area contributed by atoms with Crippen LogP contribution in [0.4, 0.5) is 0 Å². The van der Waals surface area contributed by atoms with Gasteiger partial charge in [0.25, 0.3) is 11.1 Å². The van der Waals surface area contributed by atoms with E-state index in [1.54, 1.807) is 35.6 Å². The Kier molecular flexibility index (Phi) is 6.35. The Hall–Kier alpha value is -2.49. The summed E-state index contributed by atoms with van der Waals surface area (Å²) in [5.41, 5.74) is 3.86. The van der Waals surface area contributed by atoms with Crippen LogP contribution in [0, 0.1) is 13.8 Å². The van der Waals surface area contributed by atoms with Crippen molar-refractivity contribution in [1.82, 2.24) is 14.2 Å². The van der Waals surface area contributed by atoms with Gasteiger partial charge in [0, 0.05) is 44.6 Å². The van der Waals surface area contributed by atoms with Gasteiger partial charge >= 0.3 is 0 Å². The van der Waals surface area contributed by atoms with Gasteiger partial charge in [-0.3, -0.25) is 4.79 Å². The normalized spacial score (nSPS) is 18.0. The Morgan fingerprint density at radius 2 is 1.62 bits per heavy atom. The van der Waals surface area contributed by atoms with Crippen LogP contribution >= 0.6 is 11.3 Å². The van der Waals surface area contributed by atoms with Gasteiger partial charge in [0.1, 0.15) is 6.10 Å². The summed E-state index contributed by atoms with van der Waals surface area (Å²) in [6.45, 7) is 6.47. The number of carbonyl (C=O) groups is 1. The van der Waals surface area contributed by atoms with E-state index >= 15 is 0 Å². The van der Waals surface area contributed by atoms with E-state index in [1.165, 1.54) is 9.87 Å². The molecule has 1 aromatic heterocycles. The van der Waals surface area contributed by atoms with E-state index in [2.05, 4.69) is 31.0 Å². The van der Waals surface area contributed by atoms with Crippen molar-refractivity contribution in [2.75, 3.05) is 26.2 Å². The smallest absolute Gasteiger partial charge is 0.274 e. The summed E-state index contributed by atoms with van der Waals surface area (Å²) in [6, 6.07) is 10.5. The number of hydrogen-bond acceptors (Lipinski definition) is 6. The molecule has 7 nitrogen and oxygen atoms in total. The fourth-order valence-electron chi connectivity index (χ4n) is 4.64. The molecule has 5 rings (SSSR count). The molecule has 0 N–H and O–H groups in total. The number of aryl methyl sites for hydroxylation is 2. The Bertz CT molecular complexity index is 1260. The molecular formula is C25H29N3O4S2. The van der Waals surface area contributed by atoms with E-state index < -0.39 is 10.0 Å². The Morgan fingerprint density at radius 3 is 2.26 bits per heavy atom. The molecule has 0 spiro atoms. The van der Waals surface area contributed by atoms with Crippen molar-refractivity contribution in [2.24, 2.45) is 0 Å². The van der Waals surface area contributed by atoms with E-state index in [0.29, 0.717) is 36.9 Å². The largest absolute Gasteiger partial charge is 0.467 e. The average Bonchev–Trinajstić information content (AvgIpc) is 3.53. The monoisotopic (exact) mass is 499 g/mol. The minimum Gasteiger partial charge on any atom is -0.467 e. The van der Waals surface area contributed by atoms with Gasteiger partial charge in [0.05, 0.1) is 15.1 Å². The fraction of sp³-hybridized carbons (Fsp3) is 0.440. The topological polar surface area (TPSA) is 79.8 Å². The number of ether oxygens (including phenoxy) is 1. The van der Waals surface area contributed by atoms with Crippen LogP contribution < -0.4 is 4.74 Å². The molecular weight excluding hydrogens is 470 g/mol. The van der Waals surface area contributed by atoms with E-state index in [9.17, 15) is 13.2 Å².